The van der Waals surface area contributed by atoms with Crippen LogP contribution in [0.15, 0.2) is 57.7 Å². The highest BCUT2D eigenvalue weighted by Crippen LogP contribution is 2.74. The van der Waals surface area contributed by atoms with E-state index in [-0.39, 0.29) is 65.1 Å². The molecule has 0 amide bonds. The van der Waals surface area contributed by atoms with E-state index in [0.717, 1.165) is 49.9 Å². The van der Waals surface area contributed by atoms with Crippen LogP contribution in [-0.2, 0) is 4.79 Å². The number of rotatable bonds is 5. The SMILES string of the molecule is CNC[C@H]1[C@@H](O)[C@@H](O)C[C@]2(C)[C@@H]3C(=CC(=O)[C@H]12)[C@]1(O)[C@@H]2CSSC[C@H](n4ccnc4)CC(C)(C)C4=C5CCCC[C@@H]5C5=C6[C@@H](CCC5)C[C@H]([C@H](O)[C@H]64)[C@@H](C2)[C@@]1(C)C[C@H]3CN=C(N)N. The minimum atomic E-state index is -1.35. The van der Waals surface area contributed by atoms with E-state index in [1.807, 2.05) is 41.2 Å². The number of aliphatic hydroxyl groups is 4. The maximum Gasteiger partial charge on any atom is 0.185 e. The highest BCUT2D eigenvalue weighted by atomic mass is 33.1. The summed E-state index contributed by atoms with van der Waals surface area (Å²) in [5, 5.41) is 54.2. The Morgan fingerprint density at radius 2 is 1.75 bits per heavy atom. The summed E-state index contributed by atoms with van der Waals surface area (Å²) >= 11 is 0. The number of aliphatic imine (C=N–C) groups is 1. The molecule has 13 heteroatoms. The van der Waals surface area contributed by atoms with E-state index in [9.17, 15) is 25.2 Å². The molecule has 1 aliphatic heterocycles. The van der Waals surface area contributed by atoms with Crippen molar-refractivity contribution in [2.75, 3.05) is 31.6 Å². The van der Waals surface area contributed by atoms with Gasteiger partial charge in [0, 0.05) is 78.0 Å². The summed E-state index contributed by atoms with van der Waals surface area (Å²) in [5.41, 5.74) is 16.4. The predicted octanol–water partition coefficient (Wildman–Crippen LogP) is 6.21. The van der Waals surface area contributed by atoms with E-state index in [0.29, 0.717) is 37.1 Å². The first-order valence-electron chi connectivity index (χ1n) is 24.5. The lowest BCUT2D eigenvalue weighted by Crippen LogP contribution is -2.67. The lowest BCUT2D eigenvalue weighted by Gasteiger charge is -2.65. The number of fused-ring (bicyclic) bond motifs is 13. The number of nitrogens with zero attached hydrogens (tertiary/aromatic N) is 3. The molecular weight excluding hydrogens is 829 g/mol. The number of hydrogen-bond acceptors (Lipinski definition) is 10. The van der Waals surface area contributed by atoms with Crippen molar-refractivity contribution in [3.8, 4) is 0 Å². The number of imidazole rings is 1. The van der Waals surface area contributed by atoms with Crippen LogP contribution in [0.5, 0.6) is 0 Å². The molecule has 11 nitrogen and oxygen atoms in total. The molecule has 0 unspecified atom stereocenters. The number of aliphatic hydroxyl groups excluding tert-OH is 3. The molecule has 0 aromatic carbocycles. The molecule has 0 spiro atoms. The monoisotopic (exact) mass is 903 g/mol. The molecular formula is C50H74N6O5S2. The van der Waals surface area contributed by atoms with Crippen molar-refractivity contribution in [1.29, 1.82) is 0 Å². The van der Waals surface area contributed by atoms with E-state index in [1.165, 1.54) is 31.3 Å². The molecule has 4 bridgehead atoms. The van der Waals surface area contributed by atoms with Gasteiger partial charge in [0.25, 0.3) is 0 Å². The van der Waals surface area contributed by atoms with Gasteiger partial charge in [-0.15, -0.1) is 0 Å². The third kappa shape index (κ3) is 6.71. The van der Waals surface area contributed by atoms with Gasteiger partial charge < -0.3 is 41.8 Å². The Balaban J connectivity index is 1.15. The van der Waals surface area contributed by atoms with Crippen molar-refractivity contribution in [3.05, 3.63) is 52.7 Å². The number of allylic oxidation sites excluding steroid dienone is 3. The molecule has 17 atom stereocenters. The van der Waals surface area contributed by atoms with Crippen molar-refractivity contribution in [1.82, 2.24) is 14.9 Å². The van der Waals surface area contributed by atoms with Crippen molar-refractivity contribution in [2.45, 2.75) is 135 Å². The van der Waals surface area contributed by atoms with Gasteiger partial charge in [-0.2, -0.15) is 0 Å². The second-order valence-electron chi connectivity index (χ2n) is 22.9. The topological polar surface area (TPSA) is 192 Å². The fourth-order valence-electron chi connectivity index (χ4n) is 17.3. The Morgan fingerprint density at radius 3 is 2.49 bits per heavy atom. The van der Waals surface area contributed by atoms with Crippen LogP contribution in [0.4, 0.5) is 0 Å². The minimum absolute atomic E-state index is 0.0117. The van der Waals surface area contributed by atoms with Gasteiger partial charge in [0.05, 0.1) is 30.2 Å². The van der Waals surface area contributed by atoms with Crippen LogP contribution in [0.1, 0.15) is 111 Å². The fraction of sp³-hybridized carbons (Fsp3) is 0.780. The van der Waals surface area contributed by atoms with Crippen LogP contribution in [-0.4, -0.2) is 97.3 Å². The standard InChI is InChI=1S/C50H74N6O5S2/c1-47(2)19-29(56-14-13-54-25-56)24-63-62-23-28-16-35(33-15-26-9-8-12-31-30-10-6-7-11-32(30)43(47)40(39(26)31)45(33)60)49(4)18-27(21-55-46(51)52)41-36(50(28,49)61)17-37(57)42-34(22-53-5)44(59)38(58)20-48(41,42)3/h13-14,17,25-30,33-35,38,40-42,44-45,53,58-61H,6-12,15-16,18-24H2,1-5H3,(H4,51,52,55)/t26-,27-,28-,29+,30+,33-,34+,35+,38-,40+,41-,42-,44+,45-,48+,49+,50+/m0/s1. The molecule has 1 aromatic heterocycles. The number of carbonyl (C=O) groups is 1. The number of nitrogens with two attached hydrogens (primary N) is 2. The van der Waals surface area contributed by atoms with E-state index < -0.39 is 46.6 Å². The molecule has 5 saturated carbocycles. The number of nitrogens with one attached hydrogen (secondary N) is 1. The second-order valence-corrected chi connectivity index (χ2v) is 25.4. The Bertz CT molecular complexity index is 2080. The third-order valence-corrected chi connectivity index (χ3v) is 21.9. The summed E-state index contributed by atoms with van der Waals surface area (Å²) in [4.78, 5) is 24.2. The fourth-order valence-corrected chi connectivity index (χ4v) is 20.1. The molecule has 0 radical (unpaired) electrons. The average molecular weight is 903 g/mol. The maximum absolute atomic E-state index is 15.0. The van der Waals surface area contributed by atoms with Crippen LogP contribution in [0, 0.1) is 75.4 Å². The molecule has 6 fully saturated rings. The van der Waals surface area contributed by atoms with E-state index >= 15 is 0 Å². The minimum Gasteiger partial charge on any atom is -0.392 e. The Kier molecular flexibility index (Phi) is 11.6. The Labute approximate surface area is 382 Å². The van der Waals surface area contributed by atoms with Crippen LogP contribution in [0.3, 0.4) is 0 Å². The Hall–Kier alpha value is -2.13. The second kappa shape index (κ2) is 16.3. The highest BCUT2D eigenvalue weighted by molar-refractivity contribution is 8.76. The maximum atomic E-state index is 15.0. The molecule has 8 aliphatic carbocycles. The van der Waals surface area contributed by atoms with Gasteiger partial charge in [0.15, 0.2) is 11.7 Å². The van der Waals surface area contributed by atoms with E-state index in [1.54, 1.807) is 22.8 Å². The molecule has 10 rings (SSSR count). The first-order chi connectivity index (χ1) is 30.0. The third-order valence-electron chi connectivity index (χ3n) is 19.4. The number of guanidine groups is 1. The predicted molar refractivity (Wildman–Crippen MR) is 251 cm³/mol. The van der Waals surface area contributed by atoms with Crippen molar-refractivity contribution >= 4 is 33.3 Å². The zero-order valence-corrected chi connectivity index (χ0v) is 39.8. The zero-order valence-electron chi connectivity index (χ0n) is 38.2. The molecule has 2 heterocycles. The van der Waals surface area contributed by atoms with Gasteiger partial charge >= 0.3 is 0 Å². The summed E-state index contributed by atoms with van der Waals surface area (Å²) in [6, 6.07) is 0.196. The molecule has 1 saturated heterocycles. The normalized spacial score (nSPS) is 46.7. The highest BCUT2D eigenvalue weighted by Gasteiger charge is 2.74. The molecule has 63 heavy (non-hydrogen) atoms. The first kappa shape index (κ1) is 44.7. The van der Waals surface area contributed by atoms with Crippen LogP contribution in [0.25, 0.3) is 0 Å². The van der Waals surface area contributed by atoms with E-state index in [4.69, 9.17) is 16.5 Å². The lowest BCUT2D eigenvalue weighted by molar-refractivity contribution is -0.183. The van der Waals surface area contributed by atoms with Gasteiger partial charge in [0.2, 0.25) is 0 Å². The molecule has 1 aromatic rings. The quantitative estimate of drug-likeness (QED) is 0.0770. The summed E-state index contributed by atoms with van der Waals surface area (Å²) in [5.74, 6) is 0.668. The molecule has 9 aliphatic rings. The smallest absolute Gasteiger partial charge is 0.185 e. The van der Waals surface area contributed by atoms with Gasteiger partial charge in [0.1, 0.15) is 0 Å². The lowest BCUT2D eigenvalue weighted by atomic mass is 9.41. The number of hydrogen-bond donors (Lipinski definition) is 7. The largest absolute Gasteiger partial charge is 0.392 e. The number of aromatic nitrogens is 2. The van der Waals surface area contributed by atoms with Crippen molar-refractivity contribution in [2.24, 2.45) is 91.9 Å². The summed E-state index contributed by atoms with van der Waals surface area (Å²) in [6.07, 6.45) is 16.9. The molecule has 9 N–H and O–H groups in total. The summed E-state index contributed by atoms with van der Waals surface area (Å²) in [6.45, 7) is 10.1. The van der Waals surface area contributed by atoms with E-state index in [2.05, 4.69) is 48.8 Å². The molecule has 346 valence electrons. The Morgan fingerprint density at radius 1 is 0.968 bits per heavy atom. The summed E-state index contributed by atoms with van der Waals surface area (Å²) in [7, 11) is 5.56. The van der Waals surface area contributed by atoms with Gasteiger partial charge in [-0.25, -0.2) is 4.98 Å². The van der Waals surface area contributed by atoms with Crippen molar-refractivity contribution < 1.29 is 25.2 Å². The van der Waals surface area contributed by atoms with Crippen molar-refractivity contribution in [3.63, 3.8) is 0 Å². The zero-order chi connectivity index (χ0) is 44.4. The average Bonchev–Trinajstić information content (AvgIpc) is 3.86. The van der Waals surface area contributed by atoms with Gasteiger partial charge in [-0.3, -0.25) is 9.79 Å². The van der Waals surface area contributed by atoms with Crippen LogP contribution < -0.4 is 16.8 Å². The first-order valence-corrected chi connectivity index (χ1v) is 26.9. The van der Waals surface area contributed by atoms with Gasteiger partial charge in [-0.05, 0) is 130 Å². The summed E-state index contributed by atoms with van der Waals surface area (Å²) < 4.78 is 2.30. The van der Waals surface area contributed by atoms with Crippen LogP contribution >= 0.6 is 21.6 Å². The number of carbonyl (C=O) groups excluding carboxylic acids is 1. The van der Waals surface area contributed by atoms with Gasteiger partial charge in [-0.1, -0.05) is 78.0 Å². The van der Waals surface area contributed by atoms with Crippen LogP contribution in [0.2, 0.25) is 0 Å². The number of ketones is 1.